The van der Waals surface area contributed by atoms with Crippen LogP contribution in [0.25, 0.3) is 16.6 Å². The zero-order chi connectivity index (χ0) is 19.7. The number of ether oxygens (including phenoxy) is 1. The highest BCUT2D eigenvalue weighted by Gasteiger charge is 2.28. The minimum absolute atomic E-state index is 0.156. The zero-order valence-corrected chi connectivity index (χ0v) is 16.8. The smallest absolute Gasteiger partial charge is 0.355 e. The van der Waals surface area contributed by atoms with Crippen molar-refractivity contribution in [2.24, 2.45) is 0 Å². The van der Waals surface area contributed by atoms with Gasteiger partial charge in [-0.25, -0.2) is 4.79 Å². The van der Waals surface area contributed by atoms with E-state index in [0.717, 1.165) is 0 Å². The Hall–Kier alpha value is -2.37. The van der Waals surface area contributed by atoms with E-state index in [9.17, 15) is 9.90 Å². The molecule has 0 atom stereocenters. The maximum atomic E-state index is 12.3. The molecule has 0 saturated carbocycles. The van der Waals surface area contributed by atoms with Gasteiger partial charge in [-0.15, -0.1) is 0 Å². The maximum absolute atomic E-state index is 12.3. The van der Waals surface area contributed by atoms with Crippen molar-refractivity contribution in [3.8, 4) is 11.4 Å². The second kappa shape index (κ2) is 7.71. The van der Waals surface area contributed by atoms with Gasteiger partial charge in [0, 0.05) is 24.2 Å². The van der Waals surface area contributed by atoms with E-state index in [-0.39, 0.29) is 5.69 Å². The lowest BCUT2D eigenvalue weighted by atomic mass is 10.2. The highest BCUT2D eigenvalue weighted by Crippen LogP contribution is 2.43. The molecule has 0 saturated heterocycles. The Kier molecular flexibility index (Phi) is 5.53. The minimum Gasteiger partial charge on any atom is -0.497 e. The lowest BCUT2D eigenvalue weighted by Crippen LogP contribution is -2.24. The molecule has 7 heteroatoms. The molecule has 0 unspecified atom stereocenters. The number of nitrogens with zero attached hydrogens (tertiary/aromatic N) is 2. The summed E-state index contributed by atoms with van der Waals surface area (Å²) in [6, 6.07) is 10.7. The van der Waals surface area contributed by atoms with Crippen LogP contribution >= 0.6 is 23.2 Å². The molecule has 0 aliphatic heterocycles. The summed E-state index contributed by atoms with van der Waals surface area (Å²) < 4.78 is 6.91. The third-order valence-electron chi connectivity index (χ3n) is 4.61. The van der Waals surface area contributed by atoms with Crippen molar-refractivity contribution in [2.45, 2.75) is 13.8 Å². The van der Waals surface area contributed by atoms with Crippen LogP contribution in [0.15, 0.2) is 36.4 Å². The lowest BCUT2D eigenvalue weighted by molar-refractivity contribution is 0.0689. The van der Waals surface area contributed by atoms with Gasteiger partial charge in [-0.1, -0.05) is 23.2 Å². The standard InChI is InChI=1S/C20H20Cl2N2O3/c1-4-23(5-2)18-16-15(11-10-14(21)17(16)22)24(19(18)20(25)26)12-6-8-13(27-3)9-7-12/h6-11H,4-5H2,1-3H3,(H,25,26). The van der Waals surface area contributed by atoms with Gasteiger partial charge in [-0.3, -0.25) is 0 Å². The average Bonchev–Trinajstić information content (AvgIpc) is 3.02. The van der Waals surface area contributed by atoms with E-state index in [1.165, 1.54) is 0 Å². The van der Waals surface area contributed by atoms with Crippen LogP contribution in [-0.4, -0.2) is 35.8 Å². The summed E-state index contributed by atoms with van der Waals surface area (Å²) in [6.45, 7) is 5.23. The zero-order valence-electron chi connectivity index (χ0n) is 15.3. The van der Waals surface area contributed by atoms with Gasteiger partial charge >= 0.3 is 5.97 Å². The third-order valence-corrected chi connectivity index (χ3v) is 5.42. The molecule has 1 N–H and O–H groups in total. The number of hydrogen-bond donors (Lipinski definition) is 1. The summed E-state index contributed by atoms with van der Waals surface area (Å²) in [5.41, 5.74) is 2.12. The number of hydrogen-bond acceptors (Lipinski definition) is 3. The van der Waals surface area contributed by atoms with Crippen LogP contribution in [0.2, 0.25) is 10.0 Å². The first kappa shape index (κ1) is 19.4. The van der Waals surface area contributed by atoms with Gasteiger partial charge < -0.3 is 19.3 Å². The molecule has 0 radical (unpaired) electrons. The number of fused-ring (bicyclic) bond motifs is 1. The van der Waals surface area contributed by atoms with Crippen LogP contribution in [0.3, 0.4) is 0 Å². The Balaban J connectivity index is 2.46. The van der Waals surface area contributed by atoms with Gasteiger partial charge in [0.25, 0.3) is 0 Å². The van der Waals surface area contributed by atoms with Gasteiger partial charge in [-0.2, -0.15) is 0 Å². The molecule has 2 aromatic carbocycles. The molecule has 142 valence electrons. The quantitative estimate of drug-likeness (QED) is 0.587. The van der Waals surface area contributed by atoms with E-state index in [0.29, 0.717) is 51.2 Å². The normalized spacial score (nSPS) is 11.0. The fourth-order valence-corrected chi connectivity index (χ4v) is 3.75. The molecule has 1 heterocycles. The van der Waals surface area contributed by atoms with Crippen LogP contribution in [0.5, 0.6) is 5.75 Å². The number of carbonyl (C=O) groups is 1. The van der Waals surface area contributed by atoms with E-state index in [4.69, 9.17) is 27.9 Å². The molecule has 0 amide bonds. The Morgan fingerprint density at radius 2 is 1.74 bits per heavy atom. The number of carboxylic acid groups (broad SMARTS) is 1. The lowest BCUT2D eigenvalue weighted by Gasteiger charge is -2.22. The molecule has 0 aliphatic carbocycles. The minimum atomic E-state index is -1.03. The number of halogens is 2. The summed E-state index contributed by atoms with van der Waals surface area (Å²) in [6.07, 6.45) is 0. The van der Waals surface area contributed by atoms with Crippen molar-refractivity contribution in [2.75, 3.05) is 25.1 Å². The summed E-state index contributed by atoms with van der Waals surface area (Å²) in [5, 5.41) is 11.4. The molecule has 3 aromatic rings. The van der Waals surface area contributed by atoms with Crippen molar-refractivity contribution in [3.63, 3.8) is 0 Å². The molecular weight excluding hydrogens is 387 g/mol. The largest absolute Gasteiger partial charge is 0.497 e. The number of anilines is 1. The molecule has 0 aliphatic rings. The first-order chi connectivity index (χ1) is 12.9. The fourth-order valence-electron chi connectivity index (χ4n) is 3.34. The van der Waals surface area contributed by atoms with E-state index >= 15 is 0 Å². The van der Waals surface area contributed by atoms with Crippen LogP contribution in [0.1, 0.15) is 24.3 Å². The van der Waals surface area contributed by atoms with E-state index in [1.54, 1.807) is 35.9 Å². The van der Waals surface area contributed by atoms with Crippen LogP contribution in [0.4, 0.5) is 5.69 Å². The summed E-state index contributed by atoms with van der Waals surface area (Å²) in [5.74, 6) is -0.340. The first-order valence-electron chi connectivity index (χ1n) is 8.59. The highest BCUT2D eigenvalue weighted by molar-refractivity contribution is 6.46. The summed E-state index contributed by atoms with van der Waals surface area (Å²) in [4.78, 5) is 14.3. The summed E-state index contributed by atoms with van der Waals surface area (Å²) >= 11 is 12.8. The molecule has 1 aromatic heterocycles. The molecular formula is C20H20Cl2N2O3. The number of methoxy groups -OCH3 is 1. The van der Waals surface area contributed by atoms with Gasteiger partial charge in [0.1, 0.15) is 5.75 Å². The molecule has 0 bridgehead atoms. The van der Waals surface area contributed by atoms with Gasteiger partial charge in [0.2, 0.25) is 0 Å². The predicted molar refractivity (Wildman–Crippen MR) is 110 cm³/mol. The monoisotopic (exact) mass is 406 g/mol. The molecule has 5 nitrogen and oxygen atoms in total. The second-order valence-electron chi connectivity index (χ2n) is 5.96. The molecule has 3 rings (SSSR count). The number of rotatable bonds is 6. The highest BCUT2D eigenvalue weighted by atomic mass is 35.5. The third kappa shape index (κ3) is 3.22. The summed E-state index contributed by atoms with van der Waals surface area (Å²) in [7, 11) is 1.59. The van der Waals surface area contributed by atoms with Crippen molar-refractivity contribution in [3.05, 3.63) is 52.1 Å². The van der Waals surface area contributed by atoms with Gasteiger partial charge in [0.05, 0.1) is 28.4 Å². The predicted octanol–water partition coefficient (Wildman–Crippen LogP) is 5.49. The SMILES string of the molecule is CCN(CC)c1c(C(=O)O)n(-c2ccc(OC)cc2)c2ccc(Cl)c(Cl)c12. The Morgan fingerprint density at radius 3 is 2.26 bits per heavy atom. The molecule has 27 heavy (non-hydrogen) atoms. The second-order valence-corrected chi connectivity index (χ2v) is 6.75. The van der Waals surface area contributed by atoms with Gasteiger partial charge in [0.15, 0.2) is 5.69 Å². The Morgan fingerprint density at radius 1 is 1.11 bits per heavy atom. The first-order valence-corrected chi connectivity index (χ1v) is 9.35. The molecule has 0 fully saturated rings. The average molecular weight is 407 g/mol. The Labute approximate surface area is 167 Å². The van der Waals surface area contributed by atoms with Crippen molar-refractivity contribution < 1.29 is 14.6 Å². The van der Waals surface area contributed by atoms with Crippen molar-refractivity contribution in [1.29, 1.82) is 0 Å². The van der Waals surface area contributed by atoms with Gasteiger partial charge in [-0.05, 0) is 50.2 Å². The van der Waals surface area contributed by atoms with E-state index in [2.05, 4.69) is 0 Å². The number of carboxylic acids is 1. The van der Waals surface area contributed by atoms with E-state index < -0.39 is 5.97 Å². The van der Waals surface area contributed by atoms with Crippen molar-refractivity contribution in [1.82, 2.24) is 4.57 Å². The maximum Gasteiger partial charge on any atom is 0.355 e. The number of aromatic nitrogens is 1. The Bertz CT molecular complexity index is 993. The van der Waals surface area contributed by atoms with Crippen LogP contribution < -0.4 is 9.64 Å². The van der Waals surface area contributed by atoms with Crippen LogP contribution in [-0.2, 0) is 0 Å². The number of aromatic carboxylic acids is 1. The van der Waals surface area contributed by atoms with E-state index in [1.807, 2.05) is 30.9 Å². The van der Waals surface area contributed by atoms with Crippen LogP contribution in [0, 0.1) is 0 Å². The topological polar surface area (TPSA) is 54.7 Å². The van der Waals surface area contributed by atoms with Crippen molar-refractivity contribution >= 4 is 45.8 Å². The fraction of sp³-hybridized carbons (Fsp3) is 0.250. The molecule has 0 spiro atoms. The number of benzene rings is 2.